The van der Waals surface area contributed by atoms with Crippen LogP contribution in [-0.2, 0) is 12.3 Å². The molecule has 0 unspecified atom stereocenters. The molecule has 0 aromatic carbocycles. The van der Waals surface area contributed by atoms with Gasteiger partial charge in [-0.2, -0.15) is 0 Å². The first-order valence-corrected chi connectivity index (χ1v) is 32.8. The molecule has 0 saturated carbocycles. The fourth-order valence-corrected chi connectivity index (χ4v) is 37.9. The number of allylic oxidation sites excluding steroid dienone is 4. The van der Waals surface area contributed by atoms with E-state index in [0.29, 0.717) is 0 Å². The van der Waals surface area contributed by atoms with Gasteiger partial charge in [0.25, 0.3) is 0 Å². The van der Waals surface area contributed by atoms with E-state index in [1.807, 2.05) is 0 Å². The van der Waals surface area contributed by atoms with E-state index >= 15 is 0 Å². The second-order valence-corrected chi connectivity index (χ2v) is 117. The summed E-state index contributed by atoms with van der Waals surface area (Å²) in [5, 5.41) is 0. The average Bonchev–Trinajstić information content (AvgIpc) is 2.46. The zero-order valence-corrected chi connectivity index (χ0v) is 19.6. The molecule has 0 fully saturated rings. The number of hydrogen-bond donors (Lipinski definition) is 1. The summed E-state index contributed by atoms with van der Waals surface area (Å²) in [7, 11) is 0. The van der Waals surface area contributed by atoms with Crippen molar-refractivity contribution >= 4 is 5.92 Å². The Bertz CT molecular complexity index is 599. The van der Waals surface area contributed by atoms with Crippen LogP contribution in [0.2, 0.25) is 40.9 Å². The summed E-state index contributed by atoms with van der Waals surface area (Å²) >= 11 is -5.08. The normalized spacial score (nSPS) is 27.6. The number of nitrogens with one attached hydrogen (secondary N) is 1. The molecule has 20 heavy (non-hydrogen) atoms. The summed E-state index contributed by atoms with van der Waals surface area (Å²) in [5.41, 5.74) is 0.0742. The Morgan fingerprint density at radius 3 is 1.70 bits per heavy atom. The average molecular weight is 378 g/mol. The van der Waals surface area contributed by atoms with Crippen LogP contribution in [0, 0.1) is 0 Å². The summed E-state index contributed by atoms with van der Waals surface area (Å²) in [6.07, 6.45) is 8.09. The van der Waals surface area contributed by atoms with Crippen molar-refractivity contribution in [1.29, 1.82) is 0 Å². The number of hydrogen-bond acceptors (Lipinski definition) is 1. The molecule has 0 atom stereocenters. The predicted molar refractivity (Wildman–Crippen MR) is 98.8 cm³/mol. The van der Waals surface area contributed by atoms with Crippen molar-refractivity contribution in [3.8, 4) is 0 Å². The van der Waals surface area contributed by atoms with Gasteiger partial charge in [-0.3, -0.25) is 0 Å². The fourth-order valence-electron chi connectivity index (χ4n) is 5.01. The van der Waals surface area contributed by atoms with Crippen molar-refractivity contribution in [1.82, 2.24) is 3.26 Å². The van der Waals surface area contributed by atoms with Crippen LogP contribution in [-0.4, -0.2) is 11.5 Å². The van der Waals surface area contributed by atoms with E-state index in [1.54, 1.807) is 3.28 Å². The van der Waals surface area contributed by atoms with Crippen molar-refractivity contribution in [2.75, 3.05) is 0 Å². The summed E-state index contributed by atoms with van der Waals surface area (Å²) in [4.78, 5) is 0. The zero-order valence-electron chi connectivity index (χ0n) is 16.0. The molecule has 0 aromatic rings. The van der Waals surface area contributed by atoms with E-state index in [-0.39, 0.29) is 5.54 Å². The monoisotopic (exact) mass is 376 g/mol. The van der Waals surface area contributed by atoms with Crippen molar-refractivity contribution in [2.45, 2.75) is 73.6 Å². The van der Waals surface area contributed by atoms with Gasteiger partial charge in [0.1, 0.15) is 0 Å². The molecule has 0 spiro atoms. The van der Waals surface area contributed by atoms with Crippen molar-refractivity contribution in [3.63, 3.8) is 0 Å². The molecule has 1 aliphatic rings. The first kappa shape index (κ1) is 18.6. The molecular weight excluding hydrogens is 338 g/mol. The van der Waals surface area contributed by atoms with Crippen LogP contribution in [0.4, 0.5) is 0 Å². The Morgan fingerprint density at radius 2 is 1.45 bits per heavy atom. The Balaban J connectivity index is 4.18. The second-order valence-electron chi connectivity index (χ2n) is 17.5. The fraction of sp³-hybridized carbons (Fsp3) is 0.765. The van der Waals surface area contributed by atoms with Gasteiger partial charge >= 0.3 is 117 Å². The molecule has 121 valence electrons. The predicted octanol–water partition coefficient (Wildman–Crippen LogP) is 6.24. The summed E-state index contributed by atoms with van der Waals surface area (Å²) in [6.45, 7) is 12.1. The summed E-state index contributed by atoms with van der Waals surface area (Å²) < 4.78 is 21.9. The van der Waals surface area contributed by atoms with Gasteiger partial charge in [-0.05, 0) is 0 Å². The van der Waals surface area contributed by atoms with E-state index in [1.165, 1.54) is 0 Å². The van der Waals surface area contributed by atoms with E-state index in [2.05, 4.69) is 83.1 Å². The van der Waals surface area contributed by atoms with Gasteiger partial charge in [0.05, 0.1) is 0 Å². The molecule has 3 heteroatoms. The van der Waals surface area contributed by atoms with Gasteiger partial charge in [-0.25, -0.2) is 0 Å². The van der Waals surface area contributed by atoms with Gasteiger partial charge in [-0.15, -0.1) is 0 Å². The van der Waals surface area contributed by atoms with E-state index in [9.17, 15) is 0 Å². The van der Waals surface area contributed by atoms with Gasteiger partial charge in [0.15, 0.2) is 0 Å². The maximum absolute atomic E-state index is 5.08. The van der Waals surface area contributed by atoms with Crippen LogP contribution in [0.1, 0.15) is 27.2 Å². The molecule has 1 N–H and O–H groups in total. The molecule has 0 aromatic heterocycles. The van der Waals surface area contributed by atoms with E-state index in [4.69, 9.17) is 0 Å². The molecule has 1 aliphatic carbocycles. The van der Waals surface area contributed by atoms with Gasteiger partial charge in [0, 0.05) is 0 Å². The molecule has 1 nitrogen and oxygen atoms in total. The van der Waals surface area contributed by atoms with Crippen LogP contribution >= 0.6 is 0 Å². The van der Waals surface area contributed by atoms with Gasteiger partial charge in [-0.1, -0.05) is 0 Å². The van der Waals surface area contributed by atoms with Gasteiger partial charge in [0.2, 0.25) is 0 Å². The van der Waals surface area contributed by atoms with Gasteiger partial charge < -0.3 is 0 Å². The third-order valence-corrected chi connectivity index (χ3v) is 97.4. The van der Waals surface area contributed by atoms with E-state index < -0.39 is 18.2 Å². The molecule has 0 radical (unpaired) electrons. The first-order chi connectivity index (χ1) is 7.95. The SMILES string of the molecule is C[SiH](C)[Zr]([CH3])([CH3])([CH3])([CH3])([CH3])([CH3])([NH]C(C)(C)C)[C]1=CC=CC1. The van der Waals surface area contributed by atoms with Crippen LogP contribution < -0.4 is 3.26 Å². The molecule has 0 bridgehead atoms. The third kappa shape index (κ3) is 2.23. The quantitative estimate of drug-likeness (QED) is 0.574. The van der Waals surface area contributed by atoms with Crippen molar-refractivity contribution in [2.24, 2.45) is 0 Å². The Labute approximate surface area is 116 Å². The Morgan fingerprint density at radius 1 is 1.00 bits per heavy atom. The zero-order chi connectivity index (χ0) is 16.5. The van der Waals surface area contributed by atoms with Crippen molar-refractivity contribution in [3.05, 3.63) is 21.5 Å². The van der Waals surface area contributed by atoms with Crippen molar-refractivity contribution < 1.29 is 12.3 Å². The third-order valence-electron chi connectivity index (χ3n) is 8.35. The minimum absolute atomic E-state index is 0.0742. The molecule has 0 amide bonds. The topological polar surface area (TPSA) is 12.0 Å². The van der Waals surface area contributed by atoms with Crippen LogP contribution in [0.3, 0.4) is 0 Å². The van der Waals surface area contributed by atoms with Crippen LogP contribution in [0.25, 0.3) is 0 Å². The molecule has 0 heterocycles. The standard InChI is InChI=1S/C5H5.C4H10N.C2H7Si.6CH3.Zr/c1-2-4-5-3-1;1-4(2,3)5;1-3-2;;;;;;;/h1-3H,4H2;5H,1-3H3;3H,1-2H3;6*1H3;/q;-1;;;;;;;;+1. The maximum atomic E-state index is 4.37. The minimum atomic E-state index is -5.08. The van der Waals surface area contributed by atoms with Crippen LogP contribution in [0.5, 0.6) is 0 Å². The Hall–Kier alpha value is 0.540. The Kier molecular flexibility index (Phi) is 2.18. The summed E-state index contributed by atoms with van der Waals surface area (Å²) in [5.74, 6) is -1.18. The first-order valence-electron chi connectivity index (χ1n) is 8.41. The molecule has 1 rings (SSSR count). The summed E-state index contributed by atoms with van der Waals surface area (Å²) in [6, 6.07) is 0. The molecule has 0 aliphatic heterocycles. The molecule has 0 saturated heterocycles. The molecular formula is C17H40NSiZr. The van der Waals surface area contributed by atoms with E-state index in [0.717, 1.165) is 6.42 Å². The number of rotatable bonds is 3. The van der Waals surface area contributed by atoms with Crippen LogP contribution in [0.15, 0.2) is 21.5 Å². The second kappa shape index (κ2) is 2.34.